The Hall–Kier alpha value is -6.50. The SMILES string of the molecule is C1=CC2C3=C(C4=C(CC3)C3C=CC=CC3N4c3cccc(-c4ccc5sc6ccccc6c5c4)c3)N(C3=NC(c4ccccc4)NC(c4ccccc4)=N3)C2C=C1. The van der Waals surface area contributed by atoms with Crippen LogP contribution in [0.3, 0.4) is 0 Å². The monoisotopic (exact) mass is 753 g/mol. The van der Waals surface area contributed by atoms with Gasteiger partial charge in [-0.25, -0.2) is 4.99 Å². The van der Waals surface area contributed by atoms with Crippen LogP contribution in [0.25, 0.3) is 31.3 Å². The fourth-order valence-corrected chi connectivity index (χ4v) is 11.1. The highest BCUT2D eigenvalue weighted by atomic mass is 32.1. The van der Waals surface area contributed by atoms with Gasteiger partial charge >= 0.3 is 0 Å². The summed E-state index contributed by atoms with van der Waals surface area (Å²) in [4.78, 5) is 16.0. The third-order valence-corrected chi connectivity index (χ3v) is 13.7. The zero-order valence-electron chi connectivity index (χ0n) is 31.2. The molecule has 3 aliphatic carbocycles. The van der Waals surface area contributed by atoms with Crippen LogP contribution in [-0.2, 0) is 0 Å². The van der Waals surface area contributed by atoms with Crippen molar-refractivity contribution >= 4 is 49.0 Å². The molecule has 0 fully saturated rings. The van der Waals surface area contributed by atoms with E-state index in [1.807, 2.05) is 11.3 Å². The van der Waals surface area contributed by atoms with Crippen LogP contribution in [0.5, 0.6) is 0 Å². The number of allylic oxidation sites excluding steroid dienone is 4. The van der Waals surface area contributed by atoms with Crippen molar-refractivity contribution < 1.29 is 0 Å². The van der Waals surface area contributed by atoms with E-state index in [0.717, 1.165) is 35.8 Å². The van der Waals surface area contributed by atoms with Gasteiger partial charge in [-0.3, -0.25) is 0 Å². The van der Waals surface area contributed by atoms with Gasteiger partial charge in [0.05, 0.1) is 23.5 Å². The number of nitrogens with zero attached hydrogens (tertiary/aromatic N) is 4. The Bertz CT molecular complexity index is 2870. The van der Waals surface area contributed by atoms with Gasteiger partial charge in [-0.2, -0.15) is 4.99 Å². The van der Waals surface area contributed by atoms with E-state index in [1.54, 1.807) is 0 Å². The molecule has 0 radical (unpaired) electrons. The van der Waals surface area contributed by atoms with Gasteiger partial charge in [0.1, 0.15) is 12.0 Å². The maximum atomic E-state index is 5.47. The van der Waals surface area contributed by atoms with Crippen LogP contribution in [0.2, 0.25) is 0 Å². The topological polar surface area (TPSA) is 43.2 Å². The second kappa shape index (κ2) is 13.0. The lowest BCUT2D eigenvalue weighted by Crippen LogP contribution is -2.44. The van der Waals surface area contributed by atoms with Crippen LogP contribution in [-0.4, -0.2) is 28.8 Å². The summed E-state index contributed by atoms with van der Waals surface area (Å²) >= 11 is 1.87. The first-order valence-corrected chi connectivity index (χ1v) is 20.9. The first-order chi connectivity index (χ1) is 28.3. The van der Waals surface area contributed by atoms with E-state index in [1.165, 1.54) is 59.5 Å². The number of hydrogen-bond donors (Lipinski definition) is 1. The van der Waals surface area contributed by atoms with Crippen LogP contribution >= 0.6 is 11.3 Å². The van der Waals surface area contributed by atoms with Gasteiger partial charge in [0.15, 0.2) is 0 Å². The van der Waals surface area contributed by atoms with E-state index in [2.05, 4.69) is 191 Å². The van der Waals surface area contributed by atoms with E-state index < -0.39 is 0 Å². The molecule has 0 saturated heterocycles. The van der Waals surface area contributed by atoms with Gasteiger partial charge in [0, 0.05) is 43.3 Å². The summed E-state index contributed by atoms with van der Waals surface area (Å²) in [5, 5.41) is 6.34. The highest BCUT2D eigenvalue weighted by Crippen LogP contribution is 2.55. The van der Waals surface area contributed by atoms with Gasteiger partial charge < -0.3 is 15.1 Å². The van der Waals surface area contributed by atoms with Crippen LogP contribution in [0.1, 0.15) is 30.1 Å². The molecule has 3 aliphatic heterocycles. The third kappa shape index (κ3) is 5.20. The molecular formula is C51H39N5S. The third-order valence-electron chi connectivity index (χ3n) is 12.5. The molecule has 57 heavy (non-hydrogen) atoms. The van der Waals surface area contributed by atoms with Crippen LogP contribution in [0.15, 0.2) is 209 Å². The molecule has 5 nitrogen and oxygen atoms in total. The summed E-state index contributed by atoms with van der Waals surface area (Å²) in [5.41, 5.74) is 11.4. The lowest BCUT2D eigenvalue weighted by atomic mass is 9.81. The fraction of sp³-hybridized carbons (Fsp3) is 0.137. The van der Waals surface area contributed by atoms with Gasteiger partial charge in [-0.1, -0.05) is 146 Å². The molecule has 12 rings (SSSR count). The van der Waals surface area contributed by atoms with Gasteiger partial charge in [0.25, 0.3) is 0 Å². The average Bonchev–Trinajstić information content (AvgIpc) is 3.94. The van der Waals surface area contributed by atoms with Crippen molar-refractivity contribution in [2.75, 3.05) is 4.90 Å². The molecule has 1 N–H and O–H groups in total. The molecule has 6 aromatic rings. The number of aliphatic imine (C=N–C) groups is 2. The lowest BCUT2D eigenvalue weighted by Gasteiger charge is -2.37. The molecule has 1 aromatic heterocycles. The summed E-state index contributed by atoms with van der Waals surface area (Å²) in [6.07, 6.45) is 20.3. The molecule has 5 atom stereocenters. The highest BCUT2D eigenvalue weighted by Gasteiger charge is 2.51. The van der Waals surface area contributed by atoms with E-state index in [4.69, 9.17) is 9.98 Å². The highest BCUT2D eigenvalue weighted by molar-refractivity contribution is 7.25. The van der Waals surface area contributed by atoms with Crippen molar-refractivity contribution in [3.63, 3.8) is 0 Å². The first kappa shape index (κ1) is 32.7. The number of fused-ring (bicyclic) bond motifs is 8. The Morgan fingerprint density at radius 2 is 1.18 bits per heavy atom. The Kier molecular flexibility index (Phi) is 7.48. The van der Waals surface area contributed by atoms with Gasteiger partial charge in [-0.05, 0) is 71.0 Å². The van der Waals surface area contributed by atoms with Crippen molar-refractivity contribution in [3.05, 3.63) is 210 Å². The number of hydrogen-bond acceptors (Lipinski definition) is 6. The first-order valence-electron chi connectivity index (χ1n) is 20.1. The Balaban J connectivity index is 1.02. The predicted molar refractivity (Wildman–Crippen MR) is 236 cm³/mol. The minimum atomic E-state index is -0.278. The van der Waals surface area contributed by atoms with Crippen LogP contribution < -0.4 is 10.2 Å². The van der Waals surface area contributed by atoms with Crippen LogP contribution in [0.4, 0.5) is 5.69 Å². The van der Waals surface area contributed by atoms with E-state index in [9.17, 15) is 0 Å². The normalized spacial score (nSPS) is 24.4. The maximum absolute atomic E-state index is 5.47. The van der Waals surface area contributed by atoms with Crippen molar-refractivity contribution in [2.45, 2.75) is 31.1 Å². The second-order valence-electron chi connectivity index (χ2n) is 15.6. The number of nitrogens with one attached hydrogen (secondary N) is 1. The van der Waals surface area contributed by atoms with Gasteiger partial charge in [0.2, 0.25) is 5.96 Å². The van der Waals surface area contributed by atoms with E-state index in [0.29, 0.717) is 5.92 Å². The summed E-state index contributed by atoms with van der Waals surface area (Å²) in [6.45, 7) is 0. The molecule has 274 valence electrons. The Labute approximate surface area is 336 Å². The molecular weight excluding hydrogens is 715 g/mol. The minimum absolute atomic E-state index is 0.0787. The smallest absolute Gasteiger partial charge is 0.230 e. The number of guanidine groups is 1. The standard InChI is InChI=1S/C51H39N5S/c1-3-14-32(15-4-1)49-52-50(33-16-5-2-6-17-33)54-51(53-49)56-44-24-11-8-21-38(44)41-28-27-40-37-20-7-10-23-43(37)55(47(40)48(41)56)36-19-13-18-34(30-36)35-26-29-46-42(31-35)39-22-9-12-25-45(39)57-46/h1-26,29-31,37-38,43-44,49H,27-28H2,(H,52,53,54). The molecule has 0 saturated carbocycles. The number of anilines is 1. The zero-order chi connectivity index (χ0) is 37.5. The van der Waals surface area contributed by atoms with E-state index in [-0.39, 0.29) is 24.2 Å². The lowest BCUT2D eigenvalue weighted by molar-refractivity contribution is 0.422. The zero-order valence-corrected chi connectivity index (χ0v) is 32.1. The maximum Gasteiger partial charge on any atom is 0.230 e. The number of amidine groups is 1. The van der Waals surface area contributed by atoms with Gasteiger partial charge in [-0.15, -0.1) is 11.3 Å². The molecule has 5 aromatic carbocycles. The minimum Gasteiger partial charge on any atom is -0.344 e. The molecule has 0 bridgehead atoms. The second-order valence-corrected chi connectivity index (χ2v) is 16.7. The summed E-state index contributed by atoms with van der Waals surface area (Å²) in [7, 11) is 0. The Morgan fingerprint density at radius 3 is 1.96 bits per heavy atom. The molecule has 0 spiro atoms. The summed E-state index contributed by atoms with van der Waals surface area (Å²) in [6, 6.07) is 46.3. The van der Waals surface area contributed by atoms with E-state index >= 15 is 0 Å². The fourth-order valence-electron chi connectivity index (χ4n) is 9.99. The molecule has 6 aliphatic rings. The summed E-state index contributed by atoms with van der Waals surface area (Å²) < 4.78 is 2.66. The van der Waals surface area contributed by atoms with Crippen LogP contribution in [0, 0.1) is 11.8 Å². The molecule has 4 heterocycles. The number of thiophene rings is 1. The number of benzene rings is 5. The Morgan fingerprint density at radius 1 is 0.544 bits per heavy atom. The quantitative estimate of drug-likeness (QED) is 0.195. The average molecular weight is 754 g/mol. The summed E-state index contributed by atoms with van der Waals surface area (Å²) in [5.74, 6) is 2.13. The molecule has 0 amide bonds. The molecule has 6 heteroatoms. The van der Waals surface area contributed by atoms with Crippen molar-refractivity contribution in [3.8, 4) is 11.1 Å². The van der Waals surface area contributed by atoms with Crippen molar-refractivity contribution in [1.29, 1.82) is 0 Å². The largest absolute Gasteiger partial charge is 0.344 e. The van der Waals surface area contributed by atoms with Crippen molar-refractivity contribution in [2.24, 2.45) is 21.8 Å². The van der Waals surface area contributed by atoms with Crippen molar-refractivity contribution in [1.82, 2.24) is 10.2 Å². The molecule has 5 unspecified atom stereocenters. The predicted octanol–water partition coefficient (Wildman–Crippen LogP) is 11.5. The number of rotatable bonds is 4.